The summed E-state index contributed by atoms with van der Waals surface area (Å²) in [4.78, 5) is 13.8. The van der Waals surface area contributed by atoms with Crippen LogP contribution in [0.4, 0.5) is 0 Å². The van der Waals surface area contributed by atoms with Gasteiger partial charge in [-0.1, -0.05) is 12.1 Å². The Labute approximate surface area is 201 Å². The number of phenolic OH excluding ortho intramolecular Hbond substituents is 2. The molecule has 2 aromatic carbocycles. The molecule has 1 heterocycles. The minimum absolute atomic E-state index is 0.0639. The summed E-state index contributed by atoms with van der Waals surface area (Å²) in [6.07, 6.45) is 0.947. The second-order valence-corrected chi connectivity index (χ2v) is 8.14. The van der Waals surface area contributed by atoms with Crippen LogP contribution in [0.3, 0.4) is 0 Å². The zero-order valence-electron chi connectivity index (χ0n) is 19.5. The number of Topliss-reactive ketones (excluding diaryl/α,β-unsaturated/α-hetero) is 1. The van der Waals surface area contributed by atoms with E-state index in [0.29, 0.717) is 0 Å². The maximum atomic E-state index is 13.8. The quantitative estimate of drug-likeness (QED) is 0.445. The summed E-state index contributed by atoms with van der Waals surface area (Å²) < 4.78 is 27.5. The van der Waals surface area contributed by atoms with E-state index >= 15 is 0 Å². The number of carbonyl (C=O) groups is 1. The highest BCUT2D eigenvalue weighted by atomic mass is 16.6. The molecule has 0 saturated carbocycles. The van der Waals surface area contributed by atoms with Crippen molar-refractivity contribution in [1.29, 1.82) is 0 Å². The van der Waals surface area contributed by atoms with Crippen LogP contribution in [0.1, 0.15) is 11.1 Å². The number of fused-ring (bicyclic) bond motifs is 1. The number of carbonyl (C=O) groups excluding carboxylic acids is 1. The smallest absolute Gasteiger partial charge is 0.204 e. The van der Waals surface area contributed by atoms with Gasteiger partial charge in [0.25, 0.3) is 0 Å². The molecule has 186 valence electrons. The monoisotopic (exact) mass is 486 g/mol. The number of hydrogen-bond donors (Lipinski definition) is 4. The Morgan fingerprint density at radius 2 is 1.40 bits per heavy atom. The van der Waals surface area contributed by atoms with Crippen molar-refractivity contribution in [2.24, 2.45) is 5.92 Å². The first kappa shape index (κ1) is 24.4. The number of aromatic hydroxyl groups is 2. The summed E-state index contributed by atoms with van der Waals surface area (Å²) in [5, 5.41) is 42.4. The average Bonchev–Trinajstić information content (AvgIpc) is 2.82. The van der Waals surface area contributed by atoms with E-state index in [-0.39, 0.29) is 45.6 Å². The van der Waals surface area contributed by atoms with E-state index in [1.54, 1.807) is 12.1 Å². The molecule has 2 atom stereocenters. The van der Waals surface area contributed by atoms with Gasteiger partial charge < -0.3 is 44.1 Å². The van der Waals surface area contributed by atoms with Gasteiger partial charge in [0.05, 0.1) is 21.3 Å². The average molecular weight is 486 g/mol. The molecule has 2 unspecified atom stereocenters. The summed E-state index contributed by atoms with van der Waals surface area (Å²) in [6, 6.07) is 8.81. The number of hydrogen-bond acceptors (Lipinski definition) is 10. The maximum absolute atomic E-state index is 13.8. The van der Waals surface area contributed by atoms with Crippen molar-refractivity contribution in [3.8, 4) is 23.0 Å². The minimum atomic E-state index is -2.61. The first-order valence-electron chi connectivity index (χ1n) is 10.6. The number of allylic oxidation sites excluding steroid dienone is 1. The summed E-state index contributed by atoms with van der Waals surface area (Å²) in [7, 11) is 5.39. The molecular weight excluding hydrogens is 460 g/mol. The van der Waals surface area contributed by atoms with Gasteiger partial charge in [-0.15, -0.1) is 0 Å². The van der Waals surface area contributed by atoms with Crippen molar-refractivity contribution >= 4 is 5.78 Å². The molecule has 4 rings (SSSR count). The van der Waals surface area contributed by atoms with E-state index in [2.05, 4.69) is 0 Å². The zero-order chi connectivity index (χ0) is 25.5. The molecular formula is C25H26O10. The van der Waals surface area contributed by atoms with Crippen molar-refractivity contribution < 1.29 is 48.9 Å². The van der Waals surface area contributed by atoms with E-state index < -0.39 is 29.2 Å². The third kappa shape index (κ3) is 3.75. The lowest BCUT2D eigenvalue weighted by atomic mass is 9.71. The first-order valence-corrected chi connectivity index (χ1v) is 10.6. The van der Waals surface area contributed by atoms with E-state index in [1.807, 2.05) is 0 Å². The predicted molar refractivity (Wildman–Crippen MR) is 121 cm³/mol. The lowest BCUT2D eigenvalue weighted by molar-refractivity contribution is -0.209. The molecule has 1 saturated heterocycles. The van der Waals surface area contributed by atoms with E-state index in [9.17, 15) is 25.2 Å². The van der Waals surface area contributed by atoms with Gasteiger partial charge in [0.2, 0.25) is 5.79 Å². The van der Waals surface area contributed by atoms with Crippen LogP contribution in [0.5, 0.6) is 23.0 Å². The second kappa shape index (κ2) is 8.81. The molecule has 0 radical (unpaired) electrons. The Morgan fingerprint density at radius 3 is 1.83 bits per heavy atom. The van der Waals surface area contributed by atoms with Gasteiger partial charge in [0.15, 0.2) is 40.5 Å². The molecule has 2 aromatic rings. The Morgan fingerprint density at radius 1 is 0.857 bits per heavy atom. The minimum Gasteiger partial charge on any atom is -0.504 e. The lowest BCUT2D eigenvalue weighted by Crippen LogP contribution is -2.60. The van der Waals surface area contributed by atoms with Crippen LogP contribution in [-0.4, -0.2) is 66.5 Å². The van der Waals surface area contributed by atoms with Crippen molar-refractivity contribution in [3.63, 3.8) is 0 Å². The third-order valence-corrected chi connectivity index (χ3v) is 6.23. The second-order valence-electron chi connectivity index (χ2n) is 8.14. The maximum Gasteiger partial charge on any atom is 0.204 e. The largest absolute Gasteiger partial charge is 0.504 e. The molecule has 1 aliphatic heterocycles. The van der Waals surface area contributed by atoms with Gasteiger partial charge in [0.1, 0.15) is 17.4 Å². The van der Waals surface area contributed by atoms with Crippen molar-refractivity contribution in [2.45, 2.75) is 17.5 Å². The normalized spacial score (nSPS) is 22.3. The zero-order valence-corrected chi connectivity index (χ0v) is 19.5. The van der Waals surface area contributed by atoms with E-state index in [0.717, 1.165) is 6.08 Å². The number of ether oxygens (including phenoxy) is 5. The summed E-state index contributed by atoms with van der Waals surface area (Å²) in [5.74, 6) is -4.96. The van der Waals surface area contributed by atoms with Crippen molar-refractivity contribution in [3.05, 3.63) is 71.2 Å². The Bertz CT molecular complexity index is 1160. The van der Waals surface area contributed by atoms with Crippen LogP contribution in [0.15, 0.2) is 60.1 Å². The van der Waals surface area contributed by atoms with Crippen LogP contribution in [-0.2, 0) is 24.6 Å². The van der Waals surface area contributed by atoms with Gasteiger partial charge in [-0.3, -0.25) is 4.79 Å². The fourth-order valence-electron chi connectivity index (χ4n) is 4.63. The highest BCUT2D eigenvalue weighted by molar-refractivity contribution is 5.92. The van der Waals surface area contributed by atoms with Crippen molar-refractivity contribution in [2.75, 3.05) is 28.4 Å². The Hall–Kier alpha value is -3.73. The summed E-state index contributed by atoms with van der Waals surface area (Å²) >= 11 is 0. The number of aliphatic hydroxyl groups is 2. The number of rotatable bonds is 6. The molecule has 1 fully saturated rings. The molecule has 10 nitrogen and oxygen atoms in total. The number of benzene rings is 2. The molecule has 1 aliphatic carbocycles. The molecule has 4 N–H and O–H groups in total. The van der Waals surface area contributed by atoms with Crippen LogP contribution < -0.4 is 9.47 Å². The van der Waals surface area contributed by atoms with Crippen LogP contribution >= 0.6 is 0 Å². The van der Waals surface area contributed by atoms with Crippen LogP contribution in [0, 0.1) is 5.92 Å². The predicted octanol–water partition coefficient (Wildman–Crippen LogP) is 1.70. The van der Waals surface area contributed by atoms with E-state index in [4.69, 9.17) is 23.7 Å². The fraction of sp³-hybridized carbons (Fsp3) is 0.320. The molecule has 0 bridgehead atoms. The molecule has 0 spiro atoms. The Kier molecular flexibility index (Phi) is 6.14. The standard InChI is InChI=1S/C25H26O10/c1-31-15-11-20-21(24(29,30)12-15)22(28)23(34-4)25(35-20,13-5-7-18(32-2)16(26)9-13)14-6-8-19(33-3)17(27)10-14/h5-12,21,23,26-27,29-30H,1-4H3. The molecule has 35 heavy (non-hydrogen) atoms. The van der Waals surface area contributed by atoms with Gasteiger partial charge >= 0.3 is 0 Å². The molecule has 0 aromatic heterocycles. The van der Waals surface area contributed by atoms with Crippen LogP contribution in [0.2, 0.25) is 0 Å². The fourth-order valence-corrected chi connectivity index (χ4v) is 4.63. The topological polar surface area (TPSA) is 144 Å². The first-order chi connectivity index (χ1) is 16.6. The van der Waals surface area contributed by atoms with Gasteiger partial charge in [-0.05, 0) is 24.3 Å². The lowest BCUT2D eigenvalue weighted by Gasteiger charge is -2.49. The van der Waals surface area contributed by atoms with Crippen LogP contribution in [0.25, 0.3) is 0 Å². The highest BCUT2D eigenvalue weighted by Crippen LogP contribution is 2.52. The Balaban J connectivity index is 2.02. The summed E-state index contributed by atoms with van der Waals surface area (Å²) in [5.41, 5.74) is -1.22. The van der Waals surface area contributed by atoms with E-state index in [1.165, 1.54) is 58.8 Å². The van der Waals surface area contributed by atoms with Gasteiger partial charge in [-0.25, -0.2) is 0 Å². The number of phenols is 2. The highest BCUT2D eigenvalue weighted by Gasteiger charge is 2.61. The molecule has 10 heteroatoms. The van der Waals surface area contributed by atoms with Gasteiger partial charge in [0, 0.05) is 30.4 Å². The summed E-state index contributed by atoms with van der Waals surface area (Å²) in [6.45, 7) is 0. The SMILES string of the molecule is COC1=CC(O)(O)C2C(=O)C(OC)C(c3ccc(OC)c(O)c3)(c3ccc(OC)c(O)c3)OC2=C1. The molecule has 2 aliphatic rings. The molecule has 0 amide bonds. The third-order valence-electron chi connectivity index (χ3n) is 6.23. The number of ketones is 1. The van der Waals surface area contributed by atoms with Gasteiger partial charge in [-0.2, -0.15) is 0 Å². The van der Waals surface area contributed by atoms with Crippen molar-refractivity contribution in [1.82, 2.24) is 0 Å². The number of methoxy groups -OCH3 is 4.